The van der Waals surface area contributed by atoms with E-state index in [1.807, 2.05) is 18.2 Å². The van der Waals surface area contributed by atoms with Crippen LogP contribution in [0.15, 0.2) is 54.6 Å². The summed E-state index contributed by atoms with van der Waals surface area (Å²) in [6.45, 7) is 4.32. The number of anilines is 1. The predicted octanol–water partition coefficient (Wildman–Crippen LogP) is 2.59. The minimum atomic E-state index is -0.842. The van der Waals surface area contributed by atoms with E-state index in [1.54, 1.807) is 36.1 Å². The highest BCUT2D eigenvalue weighted by Gasteiger charge is 2.28. The van der Waals surface area contributed by atoms with Crippen molar-refractivity contribution in [2.45, 2.75) is 13.0 Å². The van der Waals surface area contributed by atoms with Crippen LogP contribution in [-0.4, -0.2) is 56.2 Å². The molecule has 0 radical (unpaired) electrons. The third-order valence-corrected chi connectivity index (χ3v) is 4.67. The number of hydrogen-bond donors (Lipinski definition) is 0. The highest BCUT2D eigenvalue weighted by atomic mass is 16.5. The second kappa shape index (κ2) is 8.58. The summed E-state index contributed by atoms with van der Waals surface area (Å²) in [4.78, 5) is 29.0. The molecule has 2 aromatic carbocycles. The summed E-state index contributed by atoms with van der Waals surface area (Å²) >= 11 is 0. The Morgan fingerprint density at radius 1 is 0.926 bits per heavy atom. The zero-order chi connectivity index (χ0) is 19.2. The van der Waals surface area contributed by atoms with E-state index in [0.717, 1.165) is 18.8 Å². The molecule has 0 saturated carbocycles. The fourth-order valence-electron chi connectivity index (χ4n) is 3.17. The number of benzene rings is 2. The van der Waals surface area contributed by atoms with Gasteiger partial charge < -0.3 is 19.3 Å². The van der Waals surface area contributed by atoms with E-state index in [0.29, 0.717) is 24.4 Å². The smallest absolute Gasteiger partial charge is 0.342 e. The lowest BCUT2D eigenvalue weighted by Crippen LogP contribution is -2.51. The van der Waals surface area contributed by atoms with Crippen LogP contribution in [0.25, 0.3) is 0 Å². The lowest BCUT2D eigenvalue weighted by molar-refractivity contribution is -0.140. The average molecular weight is 368 g/mol. The second-order valence-corrected chi connectivity index (χ2v) is 6.40. The zero-order valence-corrected chi connectivity index (χ0v) is 15.6. The Kier molecular flexibility index (Phi) is 5.96. The van der Waals surface area contributed by atoms with Gasteiger partial charge in [-0.2, -0.15) is 0 Å². The van der Waals surface area contributed by atoms with Gasteiger partial charge in [-0.05, 0) is 31.2 Å². The van der Waals surface area contributed by atoms with Crippen molar-refractivity contribution >= 4 is 17.6 Å². The lowest BCUT2D eigenvalue weighted by Gasteiger charge is -2.37. The minimum absolute atomic E-state index is 0.175. The Morgan fingerprint density at radius 3 is 2.22 bits per heavy atom. The molecule has 0 N–H and O–H groups in total. The molecule has 6 heteroatoms. The highest BCUT2D eigenvalue weighted by Crippen LogP contribution is 2.20. The molecule has 0 unspecified atom stereocenters. The SMILES string of the molecule is COc1ccccc1C(=O)O[C@@H](C)C(=O)N1CCN(c2ccccc2)CC1. The maximum absolute atomic E-state index is 12.7. The number of rotatable bonds is 5. The third-order valence-electron chi connectivity index (χ3n) is 4.67. The quantitative estimate of drug-likeness (QED) is 0.760. The van der Waals surface area contributed by atoms with Gasteiger partial charge in [0.25, 0.3) is 5.91 Å². The van der Waals surface area contributed by atoms with Gasteiger partial charge in [-0.25, -0.2) is 4.79 Å². The number of nitrogens with zero attached hydrogens (tertiary/aromatic N) is 2. The van der Waals surface area contributed by atoms with Crippen LogP contribution in [0.5, 0.6) is 5.75 Å². The van der Waals surface area contributed by atoms with Crippen LogP contribution in [0.3, 0.4) is 0 Å². The molecule has 1 aliphatic rings. The highest BCUT2D eigenvalue weighted by molar-refractivity contribution is 5.94. The van der Waals surface area contributed by atoms with E-state index in [2.05, 4.69) is 17.0 Å². The molecule has 6 nitrogen and oxygen atoms in total. The number of amides is 1. The Morgan fingerprint density at radius 2 is 1.56 bits per heavy atom. The zero-order valence-electron chi connectivity index (χ0n) is 15.6. The van der Waals surface area contributed by atoms with Gasteiger partial charge >= 0.3 is 5.97 Å². The first kappa shape index (κ1) is 18.8. The number of methoxy groups -OCH3 is 1. The van der Waals surface area contributed by atoms with Crippen molar-refractivity contribution in [1.29, 1.82) is 0 Å². The first-order valence-corrected chi connectivity index (χ1v) is 9.03. The molecule has 1 aliphatic heterocycles. The van der Waals surface area contributed by atoms with E-state index < -0.39 is 12.1 Å². The summed E-state index contributed by atoms with van der Waals surface area (Å²) in [5.41, 5.74) is 1.47. The van der Waals surface area contributed by atoms with Crippen molar-refractivity contribution in [3.05, 3.63) is 60.2 Å². The normalized spacial score (nSPS) is 15.2. The monoisotopic (exact) mass is 368 g/mol. The van der Waals surface area contributed by atoms with Crippen molar-refractivity contribution in [3.8, 4) is 5.75 Å². The van der Waals surface area contributed by atoms with Gasteiger partial charge in [0, 0.05) is 31.9 Å². The molecular weight excluding hydrogens is 344 g/mol. The van der Waals surface area contributed by atoms with Gasteiger partial charge in [-0.1, -0.05) is 30.3 Å². The first-order chi connectivity index (χ1) is 13.1. The molecule has 1 heterocycles. The van der Waals surface area contributed by atoms with Crippen LogP contribution in [0, 0.1) is 0 Å². The van der Waals surface area contributed by atoms with E-state index in [1.165, 1.54) is 7.11 Å². The molecule has 1 saturated heterocycles. The molecule has 0 bridgehead atoms. The van der Waals surface area contributed by atoms with Crippen molar-refractivity contribution < 1.29 is 19.1 Å². The molecule has 1 atom stereocenters. The Labute approximate surface area is 159 Å². The van der Waals surface area contributed by atoms with Gasteiger partial charge in [0.2, 0.25) is 0 Å². The van der Waals surface area contributed by atoms with Crippen molar-refractivity contribution in [2.24, 2.45) is 0 Å². The molecule has 1 amide bonds. The molecule has 0 spiro atoms. The van der Waals surface area contributed by atoms with Crippen LogP contribution >= 0.6 is 0 Å². The van der Waals surface area contributed by atoms with E-state index >= 15 is 0 Å². The van der Waals surface area contributed by atoms with E-state index in [-0.39, 0.29) is 5.91 Å². The lowest BCUT2D eigenvalue weighted by atomic mass is 10.2. The van der Waals surface area contributed by atoms with Crippen LogP contribution in [0.4, 0.5) is 5.69 Å². The summed E-state index contributed by atoms with van der Waals surface area (Å²) < 4.78 is 10.6. The molecular formula is C21H24N2O4. The topological polar surface area (TPSA) is 59.1 Å². The summed E-state index contributed by atoms with van der Waals surface area (Å²) in [6, 6.07) is 16.9. The van der Waals surface area contributed by atoms with Gasteiger partial charge in [0.15, 0.2) is 6.10 Å². The summed E-state index contributed by atoms with van der Waals surface area (Å²) in [5, 5.41) is 0. The maximum atomic E-state index is 12.7. The molecule has 0 aromatic heterocycles. The Bertz CT molecular complexity index is 786. The molecule has 2 aromatic rings. The van der Waals surface area contributed by atoms with Gasteiger partial charge in [0.1, 0.15) is 11.3 Å². The van der Waals surface area contributed by atoms with Gasteiger partial charge in [-0.3, -0.25) is 4.79 Å². The number of esters is 1. The average Bonchev–Trinajstić information content (AvgIpc) is 2.73. The first-order valence-electron chi connectivity index (χ1n) is 9.03. The van der Waals surface area contributed by atoms with Crippen LogP contribution in [-0.2, 0) is 9.53 Å². The number of piperazine rings is 1. The number of carbonyl (C=O) groups is 2. The standard InChI is InChI=1S/C21H24N2O4/c1-16(27-21(25)18-10-6-7-11-19(18)26-2)20(24)23-14-12-22(13-15-23)17-8-4-3-5-9-17/h3-11,16H,12-15H2,1-2H3/t16-/m0/s1. The second-order valence-electron chi connectivity index (χ2n) is 6.40. The largest absolute Gasteiger partial charge is 0.496 e. The Balaban J connectivity index is 1.56. The van der Waals surface area contributed by atoms with E-state index in [9.17, 15) is 9.59 Å². The summed E-state index contributed by atoms with van der Waals surface area (Å²) in [7, 11) is 1.49. The summed E-state index contributed by atoms with van der Waals surface area (Å²) in [5.74, 6) is -0.305. The van der Waals surface area contributed by atoms with Gasteiger partial charge in [0.05, 0.1) is 7.11 Å². The van der Waals surface area contributed by atoms with Crippen LogP contribution in [0.2, 0.25) is 0 Å². The van der Waals surface area contributed by atoms with Crippen LogP contribution in [0.1, 0.15) is 17.3 Å². The fourth-order valence-corrected chi connectivity index (χ4v) is 3.17. The van der Waals surface area contributed by atoms with Gasteiger partial charge in [-0.15, -0.1) is 0 Å². The minimum Gasteiger partial charge on any atom is -0.496 e. The predicted molar refractivity (Wildman–Crippen MR) is 103 cm³/mol. The van der Waals surface area contributed by atoms with Crippen molar-refractivity contribution in [3.63, 3.8) is 0 Å². The van der Waals surface area contributed by atoms with Crippen molar-refractivity contribution in [2.75, 3.05) is 38.2 Å². The summed E-state index contributed by atoms with van der Waals surface area (Å²) in [6.07, 6.45) is -0.842. The number of hydrogen-bond acceptors (Lipinski definition) is 5. The number of ether oxygens (including phenoxy) is 2. The number of para-hydroxylation sites is 2. The van der Waals surface area contributed by atoms with Crippen molar-refractivity contribution in [1.82, 2.24) is 4.90 Å². The third kappa shape index (κ3) is 4.39. The molecule has 27 heavy (non-hydrogen) atoms. The molecule has 0 aliphatic carbocycles. The fraction of sp³-hybridized carbons (Fsp3) is 0.333. The van der Waals surface area contributed by atoms with E-state index in [4.69, 9.17) is 9.47 Å². The maximum Gasteiger partial charge on any atom is 0.342 e. The number of carbonyl (C=O) groups excluding carboxylic acids is 2. The van der Waals surface area contributed by atoms with Crippen LogP contribution < -0.4 is 9.64 Å². The Hall–Kier alpha value is -3.02. The molecule has 1 fully saturated rings. The molecule has 3 rings (SSSR count). The molecule has 142 valence electrons.